The van der Waals surface area contributed by atoms with E-state index in [4.69, 9.17) is 15.2 Å². The van der Waals surface area contributed by atoms with E-state index in [1.807, 2.05) is 0 Å². The summed E-state index contributed by atoms with van der Waals surface area (Å²) < 4.78 is 11.0. The van der Waals surface area contributed by atoms with E-state index in [1.54, 1.807) is 0 Å². The summed E-state index contributed by atoms with van der Waals surface area (Å²) in [7, 11) is 0. The number of nitrogens with two attached hydrogens (primary N) is 1. The van der Waals surface area contributed by atoms with Gasteiger partial charge in [0.2, 0.25) is 0 Å². The number of unbranched alkanes of at least 4 members (excludes halogenated alkanes) is 27. The number of esters is 2. The van der Waals surface area contributed by atoms with Crippen molar-refractivity contribution >= 4 is 17.8 Å². The molecule has 302 valence electrons. The Morgan fingerprint density at radius 2 is 0.882 bits per heavy atom. The first-order valence-corrected chi connectivity index (χ1v) is 22.1. The van der Waals surface area contributed by atoms with Gasteiger partial charge in [-0.3, -0.25) is 9.59 Å². The molecular weight excluding hydrogens is 638 g/mol. The molecule has 8 heteroatoms. The Morgan fingerprint density at radius 1 is 0.510 bits per heavy atom. The molecule has 0 heterocycles. The molecule has 0 aromatic rings. The molecule has 6 N–H and O–H groups in total. The number of amides is 1. The zero-order valence-electron chi connectivity index (χ0n) is 33.9. The molecule has 0 aliphatic heterocycles. The lowest BCUT2D eigenvalue weighted by atomic mass is 10.0. The molecule has 1 amide bonds. The lowest BCUT2D eigenvalue weighted by Gasteiger charge is -2.19. The molecule has 0 fully saturated rings. The second kappa shape index (κ2) is 39.5. The number of quaternary nitrogens is 1. The fourth-order valence-corrected chi connectivity index (χ4v) is 6.59. The van der Waals surface area contributed by atoms with Crippen LogP contribution in [0.5, 0.6) is 0 Å². The smallest absolute Gasteiger partial charge is 0.328 e. The molecule has 0 saturated carbocycles. The van der Waals surface area contributed by atoms with Gasteiger partial charge in [0.15, 0.2) is 6.04 Å². The average Bonchev–Trinajstić information content (AvgIpc) is 3.13. The van der Waals surface area contributed by atoms with Crippen LogP contribution in [0.25, 0.3) is 0 Å². The van der Waals surface area contributed by atoms with Gasteiger partial charge in [0, 0.05) is 12.8 Å². The van der Waals surface area contributed by atoms with E-state index in [0.29, 0.717) is 26.2 Å². The van der Waals surface area contributed by atoms with Crippen LogP contribution in [-0.4, -0.2) is 49.7 Å². The Hall–Kier alpha value is -1.67. The Bertz CT molecular complexity index is 781. The Morgan fingerprint density at radius 3 is 1.27 bits per heavy atom. The van der Waals surface area contributed by atoms with Crippen LogP contribution in [0.1, 0.15) is 226 Å². The number of carbonyl (C=O) groups excluding carboxylic acids is 3. The molecule has 2 atom stereocenters. The molecule has 0 spiro atoms. The van der Waals surface area contributed by atoms with E-state index in [2.05, 4.69) is 24.9 Å². The fourth-order valence-electron chi connectivity index (χ4n) is 6.59. The van der Waals surface area contributed by atoms with Gasteiger partial charge in [-0.15, -0.1) is 0 Å². The highest BCUT2D eigenvalue weighted by Gasteiger charge is 2.27. The Kier molecular flexibility index (Phi) is 38.2. The van der Waals surface area contributed by atoms with Crippen LogP contribution < -0.4 is 16.8 Å². The molecule has 0 radical (unpaired) electrons. The number of carbonyl (C=O) groups is 3. The third-order valence-corrected chi connectivity index (χ3v) is 10.1. The third kappa shape index (κ3) is 35.1. The van der Waals surface area contributed by atoms with E-state index < -0.39 is 18.1 Å². The van der Waals surface area contributed by atoms with Crippen LogP contribution in [0.2, 0.25) is 0 Å². The van der Waals surface area contributed by atoms with Gasteiger partial charge in [-0.05, 0) is 38.6 Å². The molecule has 0 saturated heterocycles. The molecule has 0 bridgehead atoms. The topological polar surface area (TPSA) is 135 Å². The molecular formula is C43H86N3O5+. The van der Waals surface area contributed by atoms with Gasteiger partial charge in [0.25, 0.3) is 5.91 Å². The number of nitrogens with one attached hydrogen (secondary N) is 1. The largest absolute Gasteiger partial charge is 0.466 e. The lowest BCUT2D eigenvalue weighted by molar-refractivity contribution is -0.405. The predicted molar refractivity (Wildman–Crippen MR) is 213 cm³/mol. The highest BCUT2D eigenvalue weighted by atomic mass is 16.5. The molecule has 0 aromatic carbocycles. The van der Waals surface area contributed by atoms with Gasteiger partial charge in [-0.25, -0.2) is 4.79 Å². The summed E-state index contributed by atoms with van der Waals surface area (Å²) in [4.78, 5) is 38.3. The van der Waals surface area contributed by atoms with Crippen molar-refractivity contribution in [3.8, 4) is 0 Å². The monoisotopic (exact) mass is 725 g/mol. The Balaban J connectivity index is 4.20. The van der Waals surface area contributed by atoms with Crippen LogP contribution in [0.4, 0.5) is 0 Å². The molecule has 51 heavy (non-hydrogen) atoms. The normalized spacial score (nSPS) is 12.5. The first kappa shape index (κ1) is 49.3. The molecule has 8 nitrogen and oxygen atoms in total. The molecule has 0 aromatic heterocycles. The van der Waals surface area contributed by atoms with Crippen LogP contribution in [0, 0.1) is 0 Å². The highest BCUT2D eigenvalue weighted by molar-refractivity contribution is 5.87. The van der Waals surface area contributed by atoms with Gasteiger partial charge in [0.1, 0.15) is 6.04 Å². The molecule has 0 aliphatic rings. The van der Waals surface area contributed by atoms with Gasteiger partial charge >= 0.3 is 11.9 Å². The summed E-state index contributed by atoms with van der Waals surface area (Å²) in [6.07, 6.45) is 38.1. The minimum atomic E-state index is -0.878. The lowest BCUT2D eigenvalue weighted by Crippen LogP contribution is -2.68. The SMILES string of the molecule is CCCCCCCCCCCCCCCCOC(=O)CCC(NC(=O)C([NH3+])CCCCN)C(=O)OCCCCCCCCCCCCCCCC. The quantitative estimate of drug-likeness (QED) is 0.0425. The van der Waals surface area contributed by atoms with Crippen molar-refractivity contribution in [3.05, 3.63) is 0 Å². The first-order valence-electron chi connectivity index (χ1n) is 22.1. The van der Waals surface area contributed by atoms with Gasteiger partial charge in [0.05, 0.1) is 13.2 Å². The summed E-state index contributed by atoms with van der Waals surface area (Å²) >= 11 is 0. The van der Waals surface area contributed by atoms with Gasteiger partial charge in [-0.1, -0.05) is 181 Å². The van der Waals surface area contributed by atoms with E-state index >= 15 is 0 Å². The minimum Gasteiger partial charge on any atom is -0.466 e. The van der Waals surface area contributed by atoms with Gasteiger partial charge < -0.3 is 26.3 Å². The maximum Gasteiger partial charge on any atom is 0.328 e. The van der Waals surface area contributed by atoms with Crippen LogP contribution in [-0.2, 0) is 23.9 Å². The van der Waals surface area contributed by atoms with E-state index in [0.717, 1.165) is 44.9 Å². The maximum atomic E-state index is 13.0. The van der Waals surface area contributed by atoms with Crippen molar-refractivity contribution in [2.24, 2.45) is 5.73 Å². The first-order chi connectivity index (χ1) is 25.0. The maximum absolute atomic E-state index is 13.0. The highest BCUT2D eigenvalue weighted by Crippen LogP contribution is 2.15. The van der Waals surface area contributed by atoms with E-state index in [-0.39, 0.29) is 24.7 Å². The van der Waals surface area contributed by atoms with E-state index in [1.165, 1.54) is 148 Å². The standard InChI is InChI=1S/C43H85N3O5/c1-3-5-7-9-11-13-15-17-19-21-23-25-27-31-37-50-41(47)35-34-40(46-42(48)39(45)33-29-30-36-44)43(49)51-38-32-28-26-24-22-20-18-16-14-12-10-8-6-4-2/h39-40H,3-38,44-45H2,1-2H3,(H,46,48)/p+1. The number of hydrogen-bond acceptors (Lipinski definition) is 6. The summed E-state index contributed by atoms with van der Waals surface area (Å²) in [5, 5.41) is 2.81. The van der Waals surface area contributed by atoms with E-state index in [9.17, 15) is 14.4 Å². The van der Waals surface area contributed by atoms with Crippen molar-refractivity contribution in [2.45, 2.75) is 238 Å². The molecule has 0 aliphatic carbocycles. The number of rotatable bonds is 40. The van der Waals surface area contributed by atoms with Crippen molar-refractivity contribution < 1.29 is 29.6 Å². The number of ether oxygens (including phenoxy) is 2. The van der Waals surface area contributed by atoms with Crippen LogP contribution in [0.15, 0.2) is 0 Å². The molecule has 0 rings (SSSR count). The van der Waals surface area contributed by atoms with Crippen molar-refractivity contribution in [1.82, 2.24) is 5.32 Å². The number of hydrogen-bond donors (Lipinski definition) is 3. The van der Waals surface area contributed by atoms with Crippen LogP contribution >= 0.6 is 0 Å². The fraction of sp³-hybridized carbons (Fsp3) is 0.930. The minimum absolute atomic E-state index is 0.0620. The second-order valence-corrected chi connectivity index (χ2v) is 15.2. The summed E-state index contributed by atoms with van der Waals surface area (Å²) in [5.74, 6) is -1.11. The summed E-state index contributed by atoms with van der Waals surface area (Å²) in [6.45, 7) is 5.84. The zero-order chi connectivity index (χ0) is 37.5. The summed E-state index contributed by atoms with van der Waals surface area (Å²) in [6, 6.07) is -1.36. The summed E-state index contributed by atoms with van der Waals surface area (Å²) in [5.41, 5.74) is 9.56. The van der Waals surface area contributed by atoms with Crippen molar-refractivity contribution in [1.29, 1.82) is 0 Å². The average molecular weight is 725 g/mol. The van der Waals surface area contributed by atoms with Crippen molar-refractivity contribution in [3.63, 3.8) is 0 Å². The molecule has 2 unspecified atom stereocenters. The predicted octanol–water partition coefficient (Wildman–Crippen LogP) is 10.0. The Labute approximate surface area is 315 Å². The second-order valence-electron chi connectivity index (χ2n) is 15.2. The zero-order valence-corrected chi connectivity index (χ0v) is 33.9. The third-order valence-electron chi connectivity index (χ3n) is 10.1. The van der Waals surface area contributed by atoms with Gasteiger partial charge in [-0.2, -0.15) is 0 Å². The van der Waals surface area contributed by atoms with Crippen LogP contribution in [0.3, 0.4) is 0 Å². The van der Waals surface area contributed by atoms with Crippen molar-refractivity contribution in [2.75, 3.05) is 19.8 Å².